The van der Waals surface area contributed by atoms with Crippen molar-refractivity contribution in [1.29, 1.82) is 0 Å². The number of nitrogens with one attached hydrogen (secondary N) is 2. The van der Waals surface area contributed by atoms with Gasteiger partial charge in [-0.15, -0.1) is 0 Å². The van der Waals surface area contributed by atoms with Gasteiger partial charge in [0.1, 0.15) is 0 Å². The van der Waals surface area contributed by atoms with Crippen molar-refractivity contribution in [3.8, 4) is 0 Å². The van der Waals surface area contributed by atoms with Gasteiger partial charge in [0.2, 0.25) is 21.8 Å². The van der Waals surface area contributed by atoms with Gasteiger partial charge in [-0.05, 0) is 55.2 Å². The van der Waals surface area contributed by atoms with E-state index in [-0.39, 0.29) is 29.2 Å². The molecule has 1 aliphatic rings. The van der Waals surface area contributed by atoms with Crippen molar-refractivity contribution in [2.24, 2.45) is 0 Å². The van der Waals surface area contributed by atoms with Crippen molar-refractivity contribution in [3.05, 3.63) is 59.7 Å². The molecule has 0 unspecified atom stereocenters. The SMILES string of the molecule is CCC(=O)Nc1ccc(S(=O)(=O)N2CCc3ccccc3[C@@H]2CC(=O)N[C@H](C)CC)cc1. The third kappa shape index (κ3) is 5.37. The summed E-state index contributed by atoms with van der Waals surface area (Å²) in [4.78, 5) is 24.4. The zero-order valence-corrected chi connectivity index (χ0v) is 19.6. The van der Waals surface area contributed by atoms with Gasteiger partial charge in [0, 0.05) is 31.1 Å². The van der Waals surface area contributed by atoms with Gasteiger partial charge in [0.25, 0.3) is 0 Å². The normalized spacial score (nSPS) is 17.3. The van der Waals surface area contributed by atoms with Gasteiger partial charge in [-0.2, -0.15) is 4.31 Å². The van der Waals surface area contributed by atoms with Gasteiger partial charge in [-0.25, -0.2) is 8.42 Å². The molecule has 2 atom stereocenters. The van der Waals surface area contributed by atoms with Crippen molar-refractivity contribution >= 4 is 27.5 Å². The monoisotopic (exact) mass is 457 g/mol. The number of amides is 2. The number of benzene rings is 2. The molecule has 2 amide bonds. The van der Waals surface area contributed by atoms with Gasteiger partial charge in [-0.1, -0.05) is 38.1 Å². The lowest BCUT2D eigenvalue weighted by Gasteiger charge is -2.36. The van der Waals surface area contributed by atoms with E-state index in [1.807, 2.05) is 38.1 Å². The molecule has 0 spiro atoms. The number of hydrogen-bond acceptors (Lipinski definition) is 4. The van der Waals surface area contributed by atoms with E-state index in [2.05, 4.69) is 10.6 Å². The van der Waals surface area contributed by atoms with E-state index in [9.17, 15) is 18.0 Å². The molecule has 0 fully saturated rings. The molecule has 0 bridgehead atoms. The molecule has 1 aliphatic heterocycles. The minimum absolute atomic E-state index is 0.0252. The number of carbonyl (C=O) groups excluding carboxylic acids is 2. The average molecular weight is 458 g/mol. The van der Waals surface area contributed by atoms with E-state index >= 15 is 0 Å². The smallest absolute Gasteiger partial charge is 0.243 e. The minimum Gasteiger partial charge on any atom is -0.354 e. The fourth-order valence-electron chi connectivity index (χ4n) is 3.83. The second-order valence-electron chi connectivity index (χ2n) is 8.09. The Morgan fingerprint density at radius 3 is 2.41 bits per heavy atom. The van der Waals surface area contributed by atoms with Crippen molar-refractivity contribution in [2.75, 3.05) is 11.9 Å². The standard InChI is InChI=1S/C24H31N3O4S/c1-4-17(3)25-24(29)16-22-21-9-7-6-8-18(21)14-15-27(22)32(30,31)20-12-10-19(11-13-20)26-23(28)5-2/h6-13,17,22H,4-5,14-16H2,1-3H3,(H,25,29)(H,26,28)/t17-,22+/m1/s1. The van der Waals surface area contributed by atoms with Crippen LogP contribution in [-0.2, 0) is 26.0 Å². The van der Waals surface area contributed by atoms with Crippen LogP contribution < -0.4 is 10.6 Å². The van der Waals surface area contributed by atoms with Crippen LogP contribution in [0.3, 0.4) is 0 Å². The molecule has 1 heterocycles. The Labute approximate surface area is 190 Å². The zero-order valence-electron chi connectivity index (χ0n) is 18.8. The predicted octanol–water partition coefficient (Wildman–Crippen LogP) is 3.63. The Morgan fingerprint density at radius 2 is 1.75 bits per heavy atom. The van der Waals surface area contributed by atoms with E-state index in [0.29, 0.717) is 25.1 Å². The van der Waals surface area contributed by atoms with Crippen LogP contribution >= 0.6 is 0 Å². The van der Waals surface area contributed by atoms with Crippen LogP contribution in [-0.4, -0.2) is 37.1 Å². The molecule has 0 saturated heterocycles. The number of carbonyl (C=O) groups is 2. The Hall–Kier alpha value is -2.71. The summed E-state index contributed by atoms with van der Waals surface area (Å²) in [7, 11) is -3.84. The van der Waals surface area contributed by atoms with Crippen molar-refractivity contribution in [3.63, 3.8) is 0 Å². The fourth-order valence-corrected chi connectivity index (χ4v) is 5.44. The van der Waals surface area contributed by atoms with E-state index < -0.39 is 16.1 Å². The average Bonchev–Trinajstić information content (AvgIpc) is 2.79. The molecule has 7 nitrogen and oxygen atoms in total. The number of nitrogens with zero attached hydrogens (tertiary/aromatic N) is 1. The minimum atomic E-state index is -3.84. The summed E-state index contributed by atoms with van der Waals surface area (Å²) >= 11 is 0. The maximum absolute atomic E-state index is 13.6. The molecular weight excluding hydrogens is 426 g/mol. The number of rotatable bonds is 8. The van der Waals surface area contributed by atoms with Crippen molar-refractivity contribution in [1.82, 2.24) is 9.62 Å². The van der Waals surface area contributed by atoms with Crippen LogP contribution in [0.25, 0.3) is 0 Å². The molecule has 8 heteroatoms. The molecule has 2 aromatic rings. The second-order valence-corrected chi connectivity index (χ2v) is 9.98. The third-order valence-electron chi connectivity index (χ3n) is 5.83. The van der Waals surface area contributed by atoms with Crippen molar-refractivity contribution in [2.45, 2.75) is 63.4 Å². The summed E-state index contributed by atoms with van der Waals surface area (Å²) in [5, 5.41) is 5.67. The van der Waals surface area contributed by atoms with Crippen LogP contribution in [0.1, 0.15) is 57.2 Å². The molecule has 32 heavy (non-hydrogen) atoms. The van der Waals surface area contributed by atoms with Gasteiger partial charge in [0.15, 0.2) is 0 Å². The maximum Gasteiger partial charge on any atom is 0.243 e. The van der Waals surface area contributed by atoms with E-state index in [1.54, 1.807) is 19.1 Å². The zero-order chi connectivity index (χ0) is 23.3. The molecule has 0 aromatic heterocycles. The number of hydrogen-bond donors (Lipinski definition) is 2. The highest BCUT2D eigenvalue weighted by Gasteiger charge is 2.37. The highest BCUT2D eigenvalue weighted by atomic mass is 32.2. The third-order valence-corrected chi connectivity index (χ3v) is 7.75. The molecule has 0 saturated carbocycles. The fraction of sp³-hybridized carbons (Fsp3) is 0.417. The summed E-state index contributed by atoms with van der Waals surface area (Å²) < 4.78 is 28.6. The predicted molar refractivity (Wildman–Crippen MR) is 125 cm³/mol. The van der Waals surface area contributed by atoms with Crippen LogP contribution in [0.5, 0.6) is 0 Å². The first kappa shape index (κ1) is 23.9. The summed E-state index contributed by atoms with van der Waals surface area (Å²) in [6.45, 7) is 5.97. The molecule has 0 aliphatic carbocycles. The summed E-state index contributed by atoms with van der Waals surface area (Å²) in [6.07, 6.45) is 1.79. The molecule has 2 aromatic carbocycles. The van der Waals surface area contributed by atoms with Crippen LogP contribution in [0.4, 0.5) is 5.69 Å². The molecule has 3 rings (SSSR count). The first-order chi connectivity index (χ1) is 15.3. The summed E-state index contributed by atoms with van der Waals surface area (Å²) in [6, 6.07) is 13.3. The van der Waals surface area contributed by atoms with Gasteiger partial charge in [-0.3, -0.25) is 9.59 Å². The van der Waals surface area contributed by atoms with Gasteiger partial charge >= 0.3 is 0 Å². The quantitative estimate of drug-likeness (QED) is 0.633. The number of anilines is 1. The number of fused-ring (bicyclic) bond motifs is 1. The topological polar surface area (TPSA) is 95.6 Å². The molecular formula is C24H31N3O4S. The Morgan fingerprint density at radius 1 is 1.06 bits per heavy atom. The van der Waals surface area contributed by atoms with Crippen LogP contribution in [0.2, 0.25) is 0 Å². The maximum atomic E-state index is 13.6. The Balaban J connectivity index is 1.91. The second kappa shape index (κ2) is 10.3. The summed E-state index contributed by atoms with van der Waals surface area (Å²) in [5.74, 6) is -0.306. The Kier molecular flexibility index (Phi) is 7.69. The van der Waals surface area contributed by atoms with Crippen molar-refractivity contribution < 1.29 is 18.0 Å². The lowest BCUT2D eigenvalue weighted by atomic mass is 9.92. The highest BCUT2D eigenvalue weighted by Crippen LogP contribution is 2.36. The lowest BCUT2D eigenvalue weighted by Crippen LogP contribution is -2.43. The molecule has 0 radical (unpaired) electrons. The summed E-state index contributed by atoms with van der Waals surface area (Å²) in [5.41, 5.74) is 2.48. The molecule has 2 N–H and O–H groups in total. The highest BCUT2D eigenvalue weighted by molar-refractivity contribution is 7.89. The lowest BCUT2D eigenvalue weighted by molar-refractivity contribution is -0.122. The first-order valence-corrected chi connectivity index (χ1v) is 12.5. The van der Waals surface area contributed by atoms with E-state index in [4.69, 9.17) is 0 Å². The largest absolute Gasteiger partial charge is 0.354 e. The van der Waals surface area contributed by atoms with Gasteiger partial charge < -0.3 is 10.6 Å². The first-order valence-electron chi connectivity index (χ1n) is 11.0. The van der Waals surface area contributed by atoms with E-state index in [1.165, 1.54) is 16.4 Å². The molecule has 172 valence electrons. The Bertz CT molecular complexity index is 1070. The van der Waals surface area contributed by atoms with Gasteiger partial charge in [0.05, 0.1) is 10.9 Å². The van der Waals surface area contributed by atoms with E-state index in [0.717, 1.165) is 17.5 Å². The van der Waals surface area contributed by atoms with Crippen LogP contribution in [0, 0.1) is 0 Å². The van der Waals surface area contributed by atoms with Crippen LogP contribution in [0.15, 0.2) is 53.4 Å². The number of sulfonamides is 1.